The second-order valence-corrected chi connectivity index (χ2v) is 5.62. The number of rotatable bonds is 11. The zero-order valence-electron chi connectivity index (χ0n) is 13.7. The van der Waals surface area contributed by atoms with E-state index in [1.807, 2.05) is 13.8 Å². The summed E-state index contributed by atoms with van der Waals surface area (Å²) in [5.74, 6) is 0.862. The van der Waals surface area contributed by atoms with E-state index >= 15 is 0 Å². The van der Waals surface area contributed by atoms with Crippen molar-refractivity contribution in [3.05, 3.63) is 0 Å². The first kappa shape index (κ1) is 17.9. The molecule has 1 fully saturated rings. The van der Waals surface area contributed by atoms with Crippen LogP contribution < -0.4 is 5.32 Å². The van der Waals surface area contributed by atoms with Crippen LogP contribution in [-0.4, -0.2) is 57.1 Å². The van der Waals surface area contributed by atoms with Crippen LogP contribution in [0.3, 0.4) is 0 Å². The molecule has 0 aliphatic carbocycles. The lowest BCUT2D eigenvalue weighted by Gasteiger charge is -2.30. The third-order valence-electron chi connectivity index (χ3n) is 3.90. The van der Waals surface area contributed by atoms with Crippen molar-refractivity contribution in [2.75, 3.05) is 45.9 Å². The molecule has 0 spiro atoms. The van der Waals surface area contributed by atoms with Gasteiger partial charge in [-0.15, -0.1) is 0 Å². The Morgan fingerprint density at radius 3 is 2.25 bits per heavy atom. The van der Waals surface area contributed by atoms with Gasteiger partial charge < -0.3 is 19.7 Å². The zero-order valence-corrected chi connectivity index (χ0v) is 13.7. The Balaban J connectivity index is 2.32. The predicted octanol–water partition coefficient (Wildman–Crippen LogP) is 2.49. The predicted molar refractivity (Wildman–Crippen MR) is 84.0 cm³/mol. The molecule has 0 bridgehead atoms. The molecule has 0 saturated carbocycles. The monoisotopic (exact) mass is 286 g/mol. The van der Waals surface area contributed by atoms with Crippen molar-refractivity contribution in [2.24, 2.45) is 5.92 Å². The maximum Gasteiger partial charge on any atom is 0.158 e. The smallest absolute Gasteiger partial charge is 0.158 e. The highest BCUT2D eigenvalue weighted by atomic mass is 16.7. The van der Waals surface area contributed by atoms with Gasteiger partial charge >= 0.3 is 0 Å². The van der Waals surface area contributed by atoms with Gasteiger partial charge in [0.15, 0.2) is 6.29 Å². The maximum absolute atomic E-state index is 5.64. The van der Waals surface area contributed by atoms with E-state index in [4.69, 9.17) is 9.47 Å². The van der Waals surface area contributed by atoms with Crippen molar-refractivity contribution in [3.8, 4) is 0 Å². The Bertz CT molecular complexity index is 215. The fraction of sp³-hybridized carbons (Fsp3) is 1.00. The summed E-state index contributed by atoms with van der Waals surface area (Å²) in [6.45, 7) is 13.7. The Morgan fingerprint density at radius 1 is 1.05 bits per heavy atom. The van der Waals surface area contributed by atoms with Crippen LogP contribution in [0.25, 0.3) is 0 Å². The van der Waals surface area contributed by atoms with Crippen LogP contribution in [0.5, 0.6) is 0 Å². The van der Waals surface area contributed by atoms with Crippen molar-refractivity contribution in [3.63, 3.8) is 0 Å². The summed E-state index contributed by atoms with van der Waals surface area (Å²) in [6, 6.07) is 0. The fourth-order valence-electron chi connectivity index (χ4n) is 2.91. The third kappa shape index (κ3) is 7.58. The fourth-order valence-corrected chi connectivity index (χ4v) is 2.91. The molecule has 1 aliphatic rings. The zero-order chi connectivity index (χ0) is 14.6. The van der Waals surface area contributed by atoms with Crippen LogP contribution in [0.1, 0.15) is 46.5 Å². The number of nitrogens with one attached hydrogen (secondary N) is 1. The van der Waals surface area contributed by atoms with Gasteiger partial charge in [0.05, 0.1) is 0 Å². The minimum atomic E-state index is -0.0302. The van der Waals surface area contributed by atoms with Crippen LogP contribution in [0.4, 0.5) is 0 Å². The van der Waals surface area contributed by atoms with Gasteiger partial charge in [-0.3, -0.25) is 0 Å². The Hall–Kier alpha value is -0.160. The normalized spacial score (nSPS) is 17.2. The molecule has 1 aliphatic heterocycles. The molecule has 1 heterocycles. The van der Waals surface area contributed by atoms with Crippen molar-refractivity contribution in [1.29, 1.82) is 0 Å². The molecule has 0 amide bonds. The number of nitrogens with zero attached hydrogens (tertiary/aromatic N) is 1. The second kappa shape index (κ2) is 11.5. The summed E-state index contributed by atoms with van der Waals surface area (Å²) in [5, 5.41) is 3.45. The van der Waals surface area contributed by atoms with E-state index in [-0.39, 0.29) is 6.29 Å². The van der Waals surface area contributed by atoms with Crippen LogP contribution in [0.2, 0.25) is 0 Å². The maximum atomic E-state index is 5.64. The summed E-state index contributed by atoms with van der Waals surface area (Å²) < 4.78 is 11.3. The molecular formula is C16H34N2O2. The molecule has 1 saturated heterocycles. The molecule has 1 N–H and O–H groups in total. The van der Waals surface area contributed by atoms with Gasteiger partial charge in [-0.25, -0.2) is 0 Å². The first-order valence-corrected chi connectivity index (χ1v) is 8.46. The van der Waals surface area contributed by atoms with Crippen molar-refractivity contribution < 1.29 is 9.47 Å². The van der Waals surface area contributed by atoms with Gasteiger partial charge in [-0.2, -0.15) is 0 Å². The second-order valence-electron chi connectivity index (χ2n) is 5.62. The highest BCUT2D eigenvalue weighted by Gasteiger charge is 2.18. The summed E-state index contributed by atoms with van der Waals surface area (Å²) in [4.78, 5) is 2.60. The molecule has 0 unspecified atom stereocenters. The standard InChI is InChI=1S/C16H34N2O2/c1-4-12-18(14-15-7-10-17-11-8-15)13-9-16(19-5-2)20-6-3/h15-17H,4-14H2,1-3H3. The lowest BCUT2D eigenvalue weighted by Crippen LogP contribution is -2.38. The Morgan fingerprint density at radius 2 is 1.70 bits per heavy atom. The summed E-state index contributed by atoms with van der Waals surface area (Å²) in [6.07, 6.45) is 4.81. The highest BCUT2D eigenvalue weighted by Crippen LogP contribution is 2.14. The molecule has 0 radical (unpaired) electrons. The van der Waals surface area contributed by atoms with E-state index in [1.165, 1.54) is 45.4 Å². The van der Waals surface area contributed by atoms with E-state index in [0.29, 0.717) is 0 Å². The van der Waals surface area contributed by atoms with Gasteiger partial charge in [-0.05, 0) is 58.7 Å². The number of piperidine rings is 1. The molecule has 0 atom stereocenters. The minimum Gasteiger partial charge on any atom is -0.353 e. The first-order chi connectivity index (χ1) is 9.80. The molecule has 4 nitrogen and oxygen atoms in total. The molecule has 0 aromatic carbocycles. The molecule has 4 heteroatoms. The molecule has 0 aromatic rings. The first-order valence-electron chi connectivity index (χ1n) is 8.46. The van der Waals surface area contributed by atoms with E-state index in [1.54, 1.807) is 0 Å². The van der Waals surface area contributed by atoms with Gasteiger partial charge in [0, 0.05) is 32.7 Å². The van der Waals surface area contributed by atoms with Crippen molar-refractivity contribution in [2.45, 2.75) is 52.7 Å². The molecule has 0 aromatic heterocycles. The Labute approximate surface area is 125 Å². The van der Waals surface area contributed by atoms with Gasteiger partial charge in [0.2, 0.25) is 0 Å². The molecular weight excluding hydrogens is 252 g/mol. The van der Waals surface area contributed by atoms with E-state index < -0.39 is 0 Å². The van der Waals surface area contributed by atoms with Crippen LogP contribution in [-0.2, 0) is 9.47 Å². The largest absolute Gasteiger partial charge is 0.353 e. The molecule has 120 valence electrons. The summed E-state index contributed by atoms with van der Waals surface area (Å²) >= 11 is 0. The quantitative estimate of drug-likeness (QED) is 0.592. The molecule has 20 heavy (non-hydrogen) atoms. The van der Waals surface area contributed by atoms with E-state index in [2.05, 4.69) is 17.1 Å². The average Bonchev–Trinajstić information content (AvgIpc) is 2.46. The number of hydrogen-bond acceptors (Lipinski definition) is 4. The number of ether oxygens (including phenoxy) is 2. The van der Waals surface area contributed by atoms with Crippen molar-refractivity contribution >= 4 is 0 Å². The SMILES string of the molecule is CCCN(CCC(OCC)OCC)CC1CCNCC1. The van der Waals surface area contributed by atoms with Gasteiger partial charge in [0.25, 0.3) is 0 Å². The lowest BCUT2D eigenvalue weighted by atomic mass is 9.97. The highest BCUT2D eigenvalue weighted by molar-refractivity contribution is 4.72. The number of hydrogen-bond donors (Lipinski definition) is 1. The van der Waals surface area contributed by atoms with Gasteiger partial charge in [-0.1, -0.05) is 6.92 Å². The molecule has 1 rings (SSSR count). The lowest BCUT2D eigenvalue weighted by molar-refractivity contribution is -0.142. The summed E-state index contributed by atoms with van der Waals surface area (Å²) in [5.41, 5.74) is 0. The van der Waals surface area contributed by atoms with Crippen LogP contribution in [0, 0.1) is 5.92 Å². The topological polar surface area (TPSA) is 33.7 Å². The third-order valence-corrected chi connectivity index (χ3v) is 3.90. The van der Waals surface area contributed by atoms with E-state index in [9.17, 15) is 0 Å². The van der Waals surface area contributed by atoms with Crippen LogP contribution >= 0.6 is 0 Å². The average molecular weight is 286 g/mol. The van der Waals surface area contributed by atoms with Gasteiger partial charge in [0.1, 0.15) is 0 Å². The minimum absolute atomic E-state index is 0.0302. The van der Waals surface area contributed by atoms with E-state index in [0.717, 1.165) is 32.1 Å². The summed E-state index contributed by atoms with van der Waals surface area (Å²) in [7, 11) is 0. The Kier molecular flexibility index (Phi) is 10.3. The van der Waals surface area contributed by atoms with Crippen LogP contribution in [0.15, 0.2) is 0 Å². The van der Waals surface area contributed by atoms with Crippen molar-refractivity contribution in [1.82, 2.24) is 10.2 Å².